The molecule has 0 fully saturated rings. The second kappa shape index (κ2) is 4.84. The number of hydrogen-bond donors (Lipinski definition) is 4. The molecule has 6 N–H and O–H groups in total. The monoisotopic (exact) mass is 233 g/mol. The number of rotatable bonds is 4. The third-order valence-electron chi connectivity index (χ3n) is 2.48. The summed E-state index contributed by atoms with van der Waals surface area (Å²) in [5.41, 5.74) is 12.6. The Morgan fingerprint density at radius 1 is 1.47 bits per heavy atom. The zero-order valence-electron chi connectivity index (χ0n) is 9.36. The van der Waals surface area contributed by atoms with Gasteiger partial charge in [-0.1, -0.05) is 0 Å². The van der Waals surface area contributed by atoms with Gasteiger partial charge in [0.05, 0.1) is 5.52 Å². The molecule has 90 valence electrons. The molecule has 0 radical (unpaired) electrons. The number of carbonyl (C=O) groups excluding carboxylic acids is 1. The van der Waals surface area contributed by atoms with E-state index in [0.29, 0.717) is 30.9 Å². The third kappa shape index (κ3) is 2.54. The molecular formula is C11H15N5O. The van der Waals surface area contributed by atoms with Gasteiger partial charge in [0.25, 0.3) is 0 Å². The molecule has 0 unspecified atom stereocenters. The summed E-state index contributed by atoms with van der Waals surface area (Å²) < 4.78 is 0. The van der Waals surface area contributed by atoms with Gasteiger partial charge in [-0.05, 0) is 31.2 Å². The van der Waals surface area contributed by atoms with Gasteiger partial charge in [0, 0.05) is 17.5 Å². The Bertz CT molecular complexity index is 534. The maximum Gasteiger partial charge on any atom is 0.224 e. The number of aromatic amines is 1. The van der Waals surface area contributed by atoms with Crippen LogP contribution in [0.2, 0.25) is 0 Å². The van der Waals surface area contributed by atoms with Crippen molar-refractivity contribution in [3.63, 3.8) is 0 Å². The van der Waals surface area contributed by atoms with Gasteiger partial charge in [-0.15, -0.1) is 0 Å². The highest BCUT2D eigenvalue weighted by atomic mass is 16.1. The van der Waals surface area contributed by atoms with E-state index in [0.717, 1.165) is 10.9 Å². The molecule has 0 spiro atoms. The number of nitrogens with zero attached hydrogens (tertiary/aromatic N) is 1. The molecule has 1 heterocycles. The van der Waals surface area contributed by atoms with Crippen molar-refractivity contribution in [3.05, 3.63) is 18.2 Å². The molecule has 1 aromatic carbocycles. The third-order valence-corrected chi connectivity index (χ3v) is 2.48. The van der Waals surface area contributed by atoms with Crippen LogP contribution in [0.3, 0.4) is 0 Å². The number of fused-ring (bicyclic) bond motifs is 1. The van der Waals surface area contributed by atoms with E-state index < -0.39 is 0 Å². The molecule has 6 heteroatoms. The SMILES string of the molecule is NCCCC(=O)Nc1ccc2[nH]nc(N)c2c1. The largest absolute Gasteiger partial charge is 0.382 e. The molecule has 0 aliphatic rings. The number of anilines is 2. The summed E-state index contributed by atoms with van der Waals surface area (Å²) in [6.07, 6.45) is 1.11. The van der Waals surface area contributed by atoms with Crippen molar-refractivity contribution >= 4 is 28.3 Å². The van der Waals surface area contributed by atoms with Crippen LogP contribution in [0.1, 0.15) is 12.8 Å². The summed E-state index contributed by atoms with van der Waals surface area (Å²) in [5.74, 6) is 0.384. The van der Waals surface area contributed by atoms with E-state index in [-0.39, 0.29) is 5.91 Å². The summed E-state index contributed by atoms with van der Waals surface area (Å²) in [6.45, 7) is 0.515. The van der Waals surface area contributed by atoms with Crippen LogP contribution in [0.15, 0.2) is 18.2 Å². The molecule has 0 saturated heterocycles. The minimum Gasteiger partial charge on any atom is -0.382 e. The minimum absolute atomic E-state index is 0.0446. The lowest BCUT2D eigenvalue weighted by molar-refractivity contribution is -0.116. The highest BCUT2D eigenvalue weighted by molar-refractivity contribution is 5.96. The highest BCUT2D eigenvalue weighted by Crippen LogP contribution is 2.21. The van der Waals surface area contributed by atoms with Gasteiger partial charge in [0.15, 0.2) is 5.82 Å². The minimum atomic E-state index is -0.0446. The molecule has 1 amide bonds. The van der Waals surface area contributed by atoms with Crippen molar-refractivity contribution in [2.75, 3.05) is 17.6 Å². The zero-order chi connectivity index (χ0) is 12.3. The number of nitrogens with one attached hydrogen (secondary N) is 2. The standard InChI is InChI=1S/C11H15N5O/c12-5-1-2-10(17)14-7-3-4-9-8(6-7)11(13)16-15-9/h3-4,6H,1-2,5,12H2,(H,14,17)(H3,13,15,16). The first-order valence-electron chi connectivity index (χ1n) is 5.44. The molecule has 2 aromatic rings. The first-order valence-corrected chi connectivity index (χ1v) is 5.44. The van der Waals surface area contributed by atoms with Gasteiger partial charge in [-0.2, -0.15) is 5.10 Å². The molecule has 0 bridgehead atoms. The summed E-state index contributed by atoms with van der Waals surface area (Å²) in [5, 5.41) is 10.3. The van der Waals surface area contributed by atoms with Crippen LogP contribution in [0.4, 0.5) is 11.5 Å². The van der Waals surface area contributed by atoms with Crippen molar-refractivity contribution in [2.45, 2.75) is 12.8 Å². The van der Waals surface area contributed by atoms with E-state index in [2.05, 4.69) is 15.5 Å². The second-order valence-electron chi connectivity index (χ2n) is 3.81. The molecule has 0 aliphatic carbocycles. The molecule has 0 aliphatic heterocycles. The quantitative estimate of drug-likeness (QED) is 0.626. The van der Waals surface area contributed by atoms with Crippen molar-refractivity contribution in [2.24, 2.45) is 5.73 Å². The number of nitrogen functional groups attached to an aromatic ring is 1. The summed E-state index contributed by atoms with van der Waals surface area (Å²) >= 11 is 0. The average Bonchev–Trinajstić information content (AvgIpc) is 2.68. The Kier molecular flexibility index (Phi) is 3.24. The van der Waals surface area contributed by atoms with Crippen molar-refractivity contribution < 1.29 is 4.79 Å². The smallest absolute Gasteiger partial charge is 0.224 e. The maximum absolute atomic E-state index is 11.5. The van der Waals surface area contributed by atoms with Crippen LogP contribution in [-0.2, 0) is 4.79 Å². The van der Waals surface area contributed by atoms with Crippen molar-refractivity contribution in [3.8, 4) is 0 Å². The zero-order valence-corrected chi connectivity index (χ0v) is 9.36. The second-order valence-corrected chi connectivity index (χ2v) is 3.81. The Morgan fingerprint density at radius 2 is 2.29 bits per heavy atom. The van der Waals surface area contributed by atoms with E-state index in [4.69, 9.17) is 11.5 Å². The molecule has 6 nitrogen and oxygen atoms in total. The van der Waals surface area contributed by atoms with Crippen LogP contribution < -0.4 is 16.8 Å². The van der Waals surface area contributed by atoms with Gasteiger partial charge in [0.1, 0.15) is 0 Å². The van der Waals surface area contributed by atoms with Crippen LogP contribution in [0.5, 0.6) is 0 Å². The topological polar surface area (TPSA) is 110 Å². The molecule has 0 saturated carbocycles. The Labute approximate surface area is 98.4 Å². The molecule has 2 rings (SSSR count). The van der Waals surface area contributed by atoms with E-state index in [1.807, 2.05) is 6.07 Å². The number of H-pyrrole nitrogens is 1. The normalized spacial score (nSPS) is 10.6. The number of benzene rings is 1. The van der Waals surface area contributed by atoms with Crippen molar-refractivity contribution in [1.29, 1.82) is 0 Å². The molecule has 17 heavy (non-hydrogen) atoms. The number of nitrogens with two attached hydrogens (primary N) is 2. The maximum atomic E-state index is 11.5. The average molecular weight is 233 g/mol. The van der Waals surface area contributed by atoms with E-state index in [1.165, 1.54) is 0 Å². The molecule has 1 aromatic heterocycles. The molecule has 0 atom stereocenters. The fourth-order valence-corrected chi connectivity index (χ4v) is 1.60. The van der Waals surface area contributed by atoms with E-state index in [1.54, 1.807) is 12.1 Å². The van der Waals surface area contributed by atoms with Crippen LogP contribution in [-0.4, -0.2) is 22.6 Å². The number of aromatic nitrogens is 2. The summed E-state index contributed by atoms with van der Waals surface area (Å²) in [6, 6.07) is 5.44. The number of carbonyl (C=O) groups is 1. The number of hydrogen-bond acceptors (Lipinski definition) is 4. The van der Waals surface area contributed by atoms with E-state index in [9.17, 15) is 4.79 Å². The summed E-state index contributed by atoms with van der Waals surface area (Å²) in [7, 11) is 0. The Morgan fingerprint density at radius 3 is 3.06 bits per heavy atom. The van der Waals surface area contributed by atoms with Crippen LogP contribution in [0.25, 0.3) is 10.9 Å². The van der Waals surface area contributed by atoms with Gasteiger partial charge in [-0.3, -0.25) is 9.89 Å². The lowest BCUT2D eigenvalue weighted by atomic mass is 10.2. The fourth-order valence-electron chi connectivity index (χ4n) is 1.60. The first kappa shape index (κ1) is 11.4. The Balaban J connectivity index is 2.13. The lowest BCUT2D eigenvalue weighted by Gasteiger charge is -2.04. The lowest BCUT2D eigenvalue weighted by Crippen LogP contribution is -2.13. The van der Waals surface area contributed by atoms with E-state index >= 15 is 0 Å². The van der Waals surface area contributed by atoms with Gasteiger partial charge in [-0.25, -0.2) is 0 Å². The van der Waals surface area contributed by atoms with Gasteiger partial charge >= 0.3 is 0 Å². The predicted molar refractivity (Wildman–Crippen MR) is 67.4 cm³/mol. The van der Waals surface area contributed by atoms with Gasteiger partial charge < -0.3 is 16.8 Å². The fraction of sp³-hybridized carbons (Fsp3) is 0.273. The Hall–Kier alpha value is -2.08. The van der Waals surface area contributed by atoms with Crippen LogP contribution >= 0.6 is 0 Å². The predicted octanol–water partition coefficient (Wildman–Crippen LogP) is 0.823. The highest BCUT2D eigenvalue weighted by Gasteiger charge is 2.05. The summed E-state index contributed by atoms with van der Waals surface area (Å²) in [4.78, 5) is 11.5. The van der Waals surface area contributed by atoms with Crippen LogP contribution in [0, 0.1) is 0 Å². The van der Waals surface area contributed by atoms with Gasteiger partial charge in [0.2, 0.25) is 5.91 Å². The van der Waals surface area contributed by atoms with Crippen molar-refractivity contribution in [1.82, 2.24) is 10.2 Å². The number of amides is 1. The molecular weight excluding hydrogens is 218 g/mol. The first-order chi connectivity index (χ1) is 8.20.